The van der Waals surface area contributed by atoms with Crippen molar-refractivity contribution < 1.29 is 19.1 Å². The fourth-order valence-corrected chi connectivity index (χ4v) is 4.29. The molecule has 1 aliphatic rings. The number of amides is 2. The molecule has 2 aromatic rings. The molecule has 144 valence electrons. The van der Waals surface area contributed by atoms with E-state index in [-0.39, 0.29) is 4.32 Å². The predicted octanol–water partition coefficient (Wildman–Crippen LogP) is 4.01. The third kappa shape index (κ3) is 4.21. The molecule has 1 N–H and O–H groups in total. The van der Waals surface area contributed by atoms with E-state index in [1.165, 1.54) is 7.11 Å². The zero-order chi connectivity index (χ0) is 20.3. The number of hydrogen-bond acceptors (Lipinski definition) is 6. The second-order valence-corrected chi connectivity index (χ2v) is 8.09. The number of hydrazine groups is 1. The number of hydrogen-bond donors (Lipinski definition) is 1. The molecule has 1 saturated heterocycles. The Kier molecular flexibility index (Phi) is 6.38. The van der Waals surface area contributed by atoms with Gasteiger partial charge in [-0.3, -0.25) is 15.0 Å². The fraction of sp³-hybridized carbons (Fsp3) is 0.105. The maximum atomic E-state index is 12.7. The lowest BCUT2D eigenvalue weighted by Crippen LogP contribution is -2.44. The van der Waals surface area contributed by atoms with E-state index in [0.717, 1.165) is 22.3 Å². The predicted molar refractivity (Wildman–Crippen MR) is 116 cm³/mol. The highest BCUT2D eigenvalue weighted by Gasteiger charge is 2.33. The topological polar surface area (TPSA) is 67.9 Å². The molecule has 6 nitrogen and oxygen atoms in total. The van der Waals surface area contributed by atoms with Gasteiger partial charge in [0.05, 0.1) is 23.6 Å². The van der Waals surface area contributed by atoms with Crippen molar-refractivity contribution in [2.45, 2.75) is 0 Å². The van der Waals surface area contributed by atoms with Gasteiger partial charge in [-0.15, -0.1) is 0 Å². The second-order valence-electron chi connectivity index (χ2n) is 5.56. The number of benzene rings is 2. The first-order valence-corrected chi connectivity index (χ1v) is 10.0. The van der Waals surface area contributed by atoms with Crippen LogP contribution in [0.5, 0.6) is 11.5 Å². The summed E-state index contributed by atoms with van der Waals surface area (Å²) in [7, 11) is 3.08. The van der Waals surface area contributed by atoms with Crippen molar-refractivity contribution in [2.75, 3.05) is 14.2 Å². The van der Waals surface area contributed by atoms with Gasteiger partial charge >= 0.3 is 0 Å². The van der Waals surface area contributed by atoms with Gasteiger partial charge < -0.3 is 9.47 Å². The number of methoxy groups -OCH3 is 2. The SMILES string of the molecule is COc1cc(/C=C2\SC(=S)N(NC(=O)c3ccccc3)C2=O)cc(Br)c1OC. The van der Waals surface area contributed by atoms with Crippen LogP contribution in [0.4, 0.5) is 0 Å². The molecule has 0 atom stereocenters. The van der Waals surface area contributed by atoms with Crippen molar-refractivity contribution >= 4 is 62.1 Å². The molecule has 9 heteroatoms. The summed E-state index contributed by atoms with van der Waals surface area (Å²) in [6, 6.07) is 12.2. The smallest absolute Gasteiger partial charge is 0.285 e. The molecular formula is C19H15BrN2O4S2. The van der Waals surface area contributed by atoms with E-state index in [9.17, 15) is 9.59 Å². The molecule has 1 heterocycles. The normalized spacial score (nSPS) is 15.1. The van der Waals surface area contributed by atoms with Crippen LogP contribution in [-0.2, 0) is 4.79 Å². The summed E-state index contributed by atoms with van der Waals surface area (Å²) >= 11 is 9.79. The van der Waals surface area contributed by atoms with Gasteiger partial charge in [-0.1, -0.05) is 30.0 Å². The lowest BCUT2D eigenvalue weighted by atomic mass is 10.2. The number of nitrogens with zero attached hydrogens (tertiary/aromatic N) is 1. The largest absolute Gasteiger partial charge is 0.493 e. The Labute approximate surface area is 180 Å². The number of halogens is 1. The van der Waals surface area contributed by atoms with E-state index in [4.69, 9.17) is 21.7 Å². The summed E-state index contributed by atoms with van der Waals surface area (Å²) < 4.78 is 11.6. The summed E-state index contributed by atoms with van der Waals surface area (Å²) in [4.78, 5) is 25.4. The highest BCUT2D eigenvalue weighted by molar-refractivity contribution is 9.10. The minimum atomic E-state index is -0.410. The Hall–Kier alpha value is -2.36. The third-order valence-electron chi connectivity index (χ3n) is 3.80. The standard InChI is InChI=1S/C19H15BrN2O4S2/c1-25-14-9-11(8-13(20)16(14)26-2)10-15-18(24)22(19(27)28-15)21-17(23)12-6-4-3-5-7-12/h3-10H,1-2H3,(H,21,23)/b15-10-. The number of carbonyl (C=O) groups is 2. The Morgan fingerprint density at radius 3 is 2.57 bits per heavy atom. The summed E-state index contributed by atoms with van der Waals surface area (Å²) in [6.07, 6.45) is 1.68. The molecule has 0 saturated carbocycles. The van der Waals surface area contributed by atoms with E-state index in [1.807, 2.05) is 0 Å². The van der Waals surface area contributed by atoms with Crippen LogP contribution in [0.15, 0.2) is 51.8 Å². The van der Waals surface area contributed by atoms with Crippen molar-refractivity contribution in [1.82, 2.24) is 10.4 Å². The van der Waals surface area contributed by atoms with Gasteiger partial charge in [0.15, 0.2) is 15.8 Å². The molecule has 0 aromatic heterocycles. The van der Waals surface area contributed by atoms with E-state index in [2.05, 4.69) is 21.4 Å². The van der Waals surface area contributed by atoms with Gasteiger partial charge in [0.25, 0.3) is 11.8 Å². The number of ether oxygens (including phenoxy) is 2. The highest BCUT2D eigenvalue weighted by Crippen LogP contribution is 2.38. The van der Waals surface area contributed by atoms with Crippen LogP contribution in [-0.4, -0.2) is 35.4 Å². The quantitative estimate of drug-likeness (QED) is 0.517. The Morgan fingerprint density at radius 1 is 1.21 bits per heavy atom. The molecule has 0 radical (unpaired) electrons. The van der Waals surface area contributed by atoms with Crippen molar-refractivity contribution in [2.24, 2.45) is 0 Å². The molecule has 28 heavy (non-hydrogen) atoms. The number of thioether (sulfide) groups is 1. The number of nitrogens with one attached hydrogen (secondary N) is 1. The average Bonchev–Trinajstić information content (AvgIpc) is 2.95. The first-order chi connectivity index (χ1) is 13.4. The maximum Gasteiger partial charge on any atom is 0.285 e. The third-order valence-corrected chi connectivity index (χ3v) is 5.69. The number of carbonyl (C=O) groups excluding carboxylic acids is 2. The van der Waals surface area contributed by atoms with Gasteiger partial charge in [0.1, 0.15) is 0 Å². The summed E-state index contributed by atoms with van der Waals surface area (Å²) in [5.41, 5.74) is 3.71. The van der Waals surface area contributed by atoms with Crippen LogP contribution in [0.2, 0.25) is 0 Å². The van der Waals surface area contributed by atoms with E-state index >= 15 is 0 Å². The molecule has 2 aromatic carbocycles. The minimum Gasteiger partial charge on any atom is -0.493 e. The van der Waals surface area contributed by atoms with Crippen molar-refractivity contribution in [3.63, 3.8) is 0 Å². The second kappa shape index (κ2) is 8.76. The van der Waals surface area contributed by atoms with Gasteiger partial charge in [0.2, 0.25) is 0 Å². The van der Waals surface area contributed by atoms with Gasteiger partial charge in [-0.2, -0.15) is 5.01 Å². The average molecular weight is 479 g/mol. The van der Waals surface area contributed by atoms with E-state index in [1.54, 1.807) is 55.7 Å². The van der Waals surface area contributed by atoms with Gasteiger partial charge in [-0.25, -0.2) is 0 Å². The highest BCUT2D eigenvalue weighted by atomic mass is 79.9. The zero-order valence-corrected chi connectivity index (χ0v) is 18.1. The maximum absolute atomic E-state index is 12.7. The van der Waals surface area contributed by atoms with Crippen LogP contribution in [0.1, 0.15) is 15.9 Å². The molecule has 1 fully saturated rings. The van der Waals surface area contributed by atoms with Gasteiger partial charge in [0, 0.05) is 5.56 Å². The molecule has 3 rings (SSSR count). The lowest BCUT2D eigenvalue weighted by molar-refractivity contribution is -0.123. The van der Waals surface area contributed by atoms with Crippen LogP contribution in [0.25, 0.3) is 6.08 Å². The lowest BCUT2D eigenvalue weighted by Gasteiger charge is -2.15. The van der Waals surface area contributed by atoms with Gasteiger partial charge in [-0.05, 0) is 64.1 Å². The van der Waals surface area contributed by atoms with Crippen LogP contribution >= 0.6 is 39.9 Å². The minimum absolute atomic E-state index is 0.250. The monoisotopic (exact) mass is 478 g/mol. The Bertz CT molecular complexity index is 979. The summed E-state index contributed by atoms with van der Waals surface area (Å²) in [6.45, 7) is 0. The zero-order valence-electron chi connectivity index (χ0n) is 14.9. The van der Waals surface area contributed by atoms with E-state index in [0.29, 0.717) is 26.4 Å². The van der Waals surface area contributed by atoms with Crippen molar-refractivity contribution in [3.8, 4) is 11.5 Å². The van der Waals surface area contributed by atoms with Crippen molar-refractivity contribution in [3.05, 3.63) is 63.0 Å². The number of rotatable bonds is 5. The first kappa shape index (κ1) is 20.4. The first-order valence-electron chi connectivity index (χ1n) is 8.00. The Balaban J connectivity index is 1.83. The molecule has 1 aliphatic heterocycles. The molecule has 0 unspecified atom stereocenters. The van der Waals surface area contributed by atoms with Crippen molar-refractivity contribution in [1.29, 1.82) is 0 Å². The van der Waals surface area contributed by atoms with E-state index < -0.39 is 11.8 Å². The molecule has 0 aliphatic carbocycles. The van der Waals surface area contributed by atoms with Crippen LogP contribution in [0, 0.1) is 0 Å². The Morgan fingerprint density at radius 2 is 1.93 bits per heavy atom. The molecule has 2 amide bonds. The molecule has 0 bridgehead atoms. The molecule has 0 spiro atoms. The summed E-state index contributed by atoms with van der Waals surface area (Å²) in [5, 5.41) is 1.08. The summed E-state index contributed by atoms with van der Waals surface area (Å²) in [5.74, 6) is 0.274. The fourth-order valence-electron chi connectivity index (χ4n) is 2.49. The van der Waals surface area contributed by atoms with Crippen LogP contribution in [0.3, 0.4) is 0 Å². The molecular weight excluding hydrogens is 464 g/mol. The number of thiocarbonyl (C=S) groups is 1. The van der Waals surface area contributed by atoms with Crippen LogP contribution < -0.4 is 14.9 Å².